The van der Waals surface area contributed by atoms with E-state index in [9.17, 15) is 9.59 Å². The Kier molecular flexibility index (Phi) is 8.19. The Morgan fingerprint density at radius 2 is 2.04 bits per heavy atom. The van der Waals surface area contributed by atoms with Gasteiger partial charge < -0.3 is 16.0 Å². The molecular formula is C14H27ClN6O2. The van der Waals surface area contributed by atoms with Crippen molar-refractivity contribution in [3.05, 3.63) is 11.9 Å². The molecular weight excluding hydrogens is 320 g/mol. The van der Waals surface area contributed by atoms with Gasteiger partial charge in [-0.1, -0.05) is 19.1 Å². The molecule has 132 valence electrons. The molecule has 0 saturated carbocycles. The summed E-state index contributed by atoms with van der Waals surface area (Å²) < 4.78 is 1.35. The molecule has 1 heterocycles. The average molecular weight is 347 g/mol. The van der Waals surface area contributed by atoms with Crippen molar-refractivity contribution in [2.24, 2.45) is 11.7 Å². The van der Waals surface area contributed by atoms with Gasteiger partial charge in [0.1, 0.15) is 6.54 Å². The van der Waals surface area contributed by atoms with Crippen molar-refractivity contribution in [2.75, 3.05) is 20.6 Å². The largest absolute Gasteiger partial charge is 0.347 e. The van der Waals surface area contributed by atoms with Crippen LogP contribution in [0.1, 0.15) is 37.7 Å². The Labute approximate surface area is 143 Å². The summed E-state index contributed by atoms with van der Waals surface area (Å²) in [4.78, 5) is 25.3. The van der Waals surface area contributed by atoms with E-state index in [-0.39, 0.29) is 36.5 Å². The van der Waals surface area contributed by atoms with Gasteiger partial charge in [0.2, 0.25) is 5.91 Å². The minimum Gasteiger partial charge on any atom is -0.347 e. The van der Waals surface area contributed by atoms with Crippen LogP contribution in [0.25, 0.3) is 0 Å². The minimum absolute atomic E-state index is 0. The van der Waals surface area contributed by atoms with Gasteiger partial charge in [-0.25, -0.2) is 4.68 Å². The highest BCUT2D eigenvalue weighted by Crippen LogP contribution is 2.15. The summed E-state index contributed by atoms with van der Waals surface area (Å²) in [5.74, 6) is -0.0529. The molecule has 1 aromatic rings. The zero-order valence-electron chi connectivity index (χ0n) is 14.4. The van der Waals surface area contributed by atoms with Crippen molar-refractivity contribution in [2.45, 2.75) is 39.3 Å². The van der Waals surface area contributed by atoms with Gasteiger partial charge >= 0.3 is 0 Å². The Balaban J connectivity index is 0.00000484. The number of rotatable bonds is 7. The predicted molar refractivity (Wildman–Crippen MR) is 90.3 cm³/mol. The van der Waals surface area contributed by atoms with Gasteiger partial charge in [-0.2, -0.15) is 0 Å². The number of hydrogen-bond donors (Lipinski definition) is 2. The van der Waals surface area contributed by atoms with Crippen molar-refractivity contribution in [1.29, 1.82) is 0 Å². The summed E-state index contributed by atoms with van der Waals surface area (Å²) in [5.41, 5.74) is 5.46. The number of hydrogen-bond acceptors (Lipinski definition) is 5. The third-order valence-electron chi connectivity index (χ3n) is 3.29. The predicted octanol–water partition coefficient (Wildman–Crippen LogP) is 0.281. The number of aromatic nitrogens is 3. The molecule has 3 N–H and O–H groups in total. The first kappa shape index (κ1) is 21.3. The van der Waals surface area contributed by atoms with Crippen LogP contribution >= 0.6 is 12.4 Å². The third-order valence-corrected chi connectivity index (χ3v) is 3.29. The number of carbonyl (C=O) groups is 2. The van der Waals surface area contributed by atoms with Gasteiger partial charge in [0.15, 0.2) is 5.69 Å². The first-order valence-electron chi connectivity index (χ1n) is 7.29. The lowest BCUT2D eigenvalue weighted by atomic mass is 9.90. The molecule has 1 atom stereocenters. The molecule has 0 radical (unpaired) electrons. The molecule has 1 rings (SSSR count). The van der Waals surface area contributed by atoms with Gasteiger partial charge in [0.25, 0.3) is 5.91 Å². The van der Waals surface area contributed by atoms with E-state index in [2.05, 4.69) is 29.5 Å². The van der Waals surface area contributed by atoms with E-state index in [1.54, 1.807) is 14.1 Å². The van der Waals surface area contributed by atoms with Crippen molar-refractivity contribution in [3.63, 3.8) is 0 Å². The maximum atomic E-state index is 12.3. The number of amides is 2. The standard InChI is InChI=1S/C14H26N6O2.ClH/c1-10(2)6-14(3,9-15)16-13(22)11-7-20(18-17-11)8-12(21)19(4)5;/h7,10H,6,8-9,15H2,1-5H3,(H,16,22);1H. The summed E-state index contributed by atoms with van der Waals surface area (Å²) in [7, 11) is 3.32. The summed E-state index contributed by atoms with van der Waals surface area (Å²) >= 11 is 0. The maximum Gasteiger partial charge on any atom is 0.273 e. The highest BCUT2D eigenvalue weighted by atomic mass is 35.5. The molecule has 0 spiro atoms. The molecule has 0 aliphatic rings. The van der Waals surface area contributed by atoms with Crippen molar-refractivity contribution in [3.8, 4) is 0 Å². The number of carbonyl (C=O) groups excluding carboxylic acids is 2. The van der Waals surface area contributed by atoms with Crippen LogP contribution in [0.2, 0.25) is 0 Å². The second-order valence-corrected chi connectivity index (χ2v) is 6.41. The van der Waals surface area contributed by atoms with Crippen LogP contribution in [0.4, 0.5) is 0 Å². The Morgan fingerprint density at radius 1 is 1.43 bits per heavy atom. The summed E-state index contributed by atoms with van der Waals surface area (Å²) in [6.45, 7) is 6.44. The van der Waals surface area contributed by atoms with Crippen LogP contribution in [0.15, 0.2) is 6.20 Å². The summed E-state index contributed by atoms with van der Waals surface area (Å²) in [5, 5.41) is 10.5. The van der Waals surface area contributed by atoms with E-state index < -0.39 is 5.54 Å². The van der Waals surface area contributed by atoms with Gasteiger partial charge in [-0.05, 0) is 19.3 Å². The lowest BCUT2D eigenvalue weighted by Crippen LogP contribution is -2.52. The van der Waals surface area contributed by atoms with Crippen LogP contribution in [0, 0.1) is 5.92 Å². The van der Waals surface area contributed by atoms with E-state index >= 15 is 0 Å². The van der Waals surface area contributed by atoms with E-state index in [0.29, 0.717) is 12.5 Å². The van der Waals surface area contributed by atoms with E-state index in [1.165, 1.54) is 15.8 Å². The van der Waals surface area contributed by atoms with Crippen molar-refractivity contribution >= 4 is 24.2 Å². The zero-order valence-corrected chi connectivity index (χ0v) is 15.2. The fourth-order valence-corrected chi connectivity index (χ4v) is 2.18. The lowest BCUT2D eigenvalue weighted by molar-refractivity contribution is -0.129. The van der Waals surface area contributed by atoms with Crippen molar-refractivity contribution < 1.29 is 9.59 Å². The fourth-order valence-electron chi connectivity index (χ4n) is 2.18. The SMILES string of the molecule is CC(C)CC(C)(CN)NC(=O)c1cn(CC(=O)N(C)C)nn1.Cl. The molecule has 9 heteroatoms. The second kappa shape index (κ2) is 8.83. The van der Waals surface area contributed by atoms with Gasteiger partial charge in [0, 0.05) is 20.6 Å². The number of nitrogens with two attached hydrogens (primary N) is 1. The van der Waals surface area contributed by atoms with E-state index in [0.717, 1.165) is 6.42 Å². The van der Waals surface area contributed by atoms with E-state index in [1.807, 2.05) is 6.92 Å². The molecule has 8 nitrogen and oxygen atoms in total. The smallest absolute Gasteiger partial charge is 0.273 e. The molecule has 23 heavy (non-hydrogen) atoms. The Hall–Kier alpha value is -1.67. The molecule has 0 saturated heterocycles. The number of halogens is 1. The molecule has 0 aromatic carbocycles. The summed E-state index contributed by atoms with van der Waals surface area (Å²) in [6.07, 6.45) is 2.23. The molecule has 0 aliphatic heterocycles. The topological polar surface area (TPSA) is 106 Å². The lowest BCUT2D eigenvalue weighted by Gasteiger charge is -2.30. The monoisotopic (exact) mass is 346 g/mol. The molecule has 0 aliphatic carbocycles. The molecule has 1 unspecified atom stereocenters. The minimum atomic E-state index is -0.492. The molecule has 2 amide bonds. The first-order valence-corrected chi connectivity index (χ1v) is 7.29. The number of nitrogens with one attached hydrogen (secondary N) is 1. The first-order chi connectivity index (χ1) is 10.2. The van der Waals surface area contributed by atoms with Gasteiger partial charge in [-0.15, -0.1) is 17.5 Å². The van der Waals surface area contributed by atoms with Crippen LogP contribution in [0.3, 0.4) is 0 Å². The summed E-state index contributed by atoms with van der Waals surface area (Å²) in [6, 6.07) is 0. The normalized spacial score (nSPS) is 13.2. The van der Waals surface area contributed by atoms with E-state index in [4.69, 9.17) is 5.73 Å². The second-order valence-electron chi connectivity index (χ2n) is 6.41. The molecule has 0 fully saturated rings. The highest BCUT2D eigenvalue weighted by molar-refractivity contribution is 5.92. The van der Waals surface area contributed by atoms with Crippen molar-refractivity contribution in [1.82, 2.24) is 25.2 Å². The van der Waals surface area contributed by atoms with Gasteiger partial charge in [-0.3, -0.25) is 9.59 Å². The fraction of sp³-hybridized carbons (Fsp3) is 0.714. The van der Waals surface area contributed by atoms with Crippen LogP contribution in [-0.2, 0) is 11.3 Å². The zero-order chi connectivity index (χ0) is 16.9. The average Bonchev–Trinajstić information content (AvgIpc) is 2.86. The number of nitrogens with zero attached hydrogens (tertiary/aromatic N) is 4. The highest BCUT2D eigenvalue weighted by Gasteiger charge is 2.27. The Bertz CT molecular complexity index is 531. The van der Waals surface area contributed by atoms with Gasteiger partial charge in [0.05, 0.1) is 11.7 Å². The molecule has 0 bridgehead atoms. The van der Waals surface area contributed by atoms with Crippen LogP contribution < -0.4 is 11.1 Å². The number of likely N-dealkylation sites (N-methyl/N-ethyl adjacent to an activating group) is 1. The van der Waals surface area contributed by atoms with Crippen LogP contribution in [0.5, 0.6) is 0 Å². The maximum absolute atomic E-state index is 12.3. The third kappa shape index (κ3) is 6.54. The van der Waals surface area contributed by atoms with Crippen LogP contribution in [-0.4, -0.2) is 57.9 Å². The molecule has 1 aromatic heterocycles. The quantitative estimate of drug-likeness (QED) is 0.737. The Morgan fingerprint density at radius 3 is 2.52 bits per heavy atom.